The molecule has 4 rings (SSSR count). The highest BCUT2D eigenvalue weighted by Gasteiger charge is 2.32. The summed E-state index contributed by atoms with van der Waals surface area (Å²) in [5, 5.41) is 3.45. The topological polar surface area (TPSA) is 82.5 Å². The Morgan fingerprint density at radius 3 is 2.67 bits per heavy atom. The van der Waals surface area contributed by atoms with Crippen LogP contribution in [-0.2, 0) is 17.6 Å². The van der Waals surface area contributed by atoms with Crippen LogP contribution in [0.25, 0.3) is 0 Å². The molecule has 3 aromatic rings. The van der Waals surface area contributed by atoms with Crippen LogP contribution in [0.1, 0.15) is 42.4 Å². The third-order valence-corrected chi connectivity index (χ3v) is 6.66. The number of nitrogens with one attached hydrogen (secondary N) is 1. The lowest BCUT2D eigenvalue weighted by Crippen LogP contribution is -2.33. The van der Waals surface area contributed by atoms with Crippen LogP contribution < -0.4 is 20.3 Å². The van der Waals surface area contributed by atoms with Crippen molar-refractivity contribution in [1.29, 1.82) is 0 Å². The second-order valence-electron chi connectivity index (χ2n) is 7.86. The van der Waals surface area contributed by atoms with Gasteiger partial charge < -0.3 is 19.4 Å². The third-order valence-electron chi connectivity index (χ3n) is 5.56. The van der Waals surface area contributed by atoms with Crippen molar-refractivity contribution in [3.05, 3.63) is 75.6 Å². The number of benzene rings is 2. The van der Waals surface area contributed by atoms with E-state index in [-0.39, 0.29) is 17.9 Å². The van der Waals surface area contributed by atoms with Crippen molar-refractivity contribution in [2.45, 2.75) is 36.6 Å². The van der Waals surface area contributed by atoms with Gasteiger partial charge in [0.2, 0.25) is 5.91 Å². The zero-order valence-corrected chi connectivity index (χ0v) is 19.8. The lowest BCUT2D eigenvalue weighted by molar-refractivity contribution is -0.116. The quantitative estimate of drug-likeness (QED) is 0.394. The smallest absolute Gasteiger partial charge is 0.279 e. The minimum atomic E-state index is -0.415. The van der Waals surface area contributed by atoms with E-state index in [1.807, 2.05) is 62.5 Å². The molecule has 1 unspecified atom stereocenters. The van der Waals surface area contributed by atoms with Gasteiger partial charge in [0.1, 0.15) is 5.82 Å². The van der Waals surface area contributed by atoms with Crippen molar-refractivity contribution in [1.82, 2.24) is 9.55 Å². The van der Waals surface area contributed by atoms with Gasteiger partial charge in [0, 0.05) is 25.1 Å². The number of hydrogen-bond donors (Lipinski definition) is 1. The second-order valence-corrected chi connectivity index (χ2v) is 8.80. The van der Waals surface area contributed by atoms with Gasteiger partial charge in [-0.2, -0.15) is 4.98 Å². The van der Waals surface area contributed by atoms with E-state index >= 15 is 0 Å². The average Bonchev–Trinajstić information content (AvgIpc) is 2.84. The number of fused-ring (bicyclic) bond motifs is 1. The lowest BCUT2D eigenvalue weighted by Gasteiger charge is -2.28. The van der Waals surface area contributed by atoms with Crippen LogP contribution in [0.3, 0.4) is 0 Å². The number of methoxy groups -OCH3 is 1. The highest BCUT2D eigenvalue weighted by atomic mass is 32.2. The number of rotatable bonds is 8. The second kappa shape index (κ2) is 10.1. The molecule has 0 saturated carbocycles. The van der Waals surface area contributed by atoms with Crippen LogP contribution in [0.15, 0.2) is 58.5 Å². The number of nitrogens with zero attached hydrogens (tertiary/aromatic N) is 2. The third kappa shape index (κ3) is 4.90. The van der Waals surface area contributed by atoms with Crippen LogP contribution in [-0.4, -0.2) is 29.2 Å². The number of thioether (sulfide) groups is 1. The molecule has 0 saturated heterocycles. The van der Waals surface area contributed by atoms with Gasteiger partial charge >= 0.3 is 0 Å². The van der Waals surface area contributed by atoms with Crippen LogP contribution in [0.2, 0.25) is 0 Å². The lowest BCUT2D eigenvalue weighted by atomic mass is 9.86. The van der Waals surface area contributed by atoms with E-state index in [1.165, 1.54) is 11.8 Å². The first kappa shape index (κ1) is 22.9. The minimum absolute atomic E-state index is 0.141. The van der Waals surface area contributed by atoms with Gasteiger partial charge in [0.25, 0.3) is 5.56 Å². The van der Waals surface area contributed by atoms with Gasteiger partial charge in [-0.25, -0.2) is 0 Å². The molecular weight excluding hydrogens is 438 g/mol. The van der Waals surface area contributed by atoms with Gasteiger partial charge in [-0.15, -0.1) is 0 Å². The molecule has 0 bridgehead atoms. The predicted octanol–water partition coefficient (Wildman–Crippen LogP) is 4.34. The Morgan fingerprint density at radius 1 is 1.15 bits per heavy atom. The number of amides is 1. The fraction of sp³-hybridized carbons (Fsp3) is 0.320. The first-order valence-electron chi connectivity index (χ1n) is 10.9. The molecule has 0 aliphatic carbocycles. The molecule has 7 nitrogen and oxygen atoms in total. The van der Waals surface area contributed by atoms with Crippen molar-refractivity contribution >= 4 is 23.5 Å². The summed E-state index contributed by atoms with van der Waals surface area (Å²) in [7, 11) is 3.40. The van der Waals surface area contributed by atoms with Crippen molar-refractivity contribution in [2.24, 2.45) is 7.05 Å². The Balaban J connectivity index is 1.69. The summed E-state index contributed by atoms with van der Waals surface area (Å²) >= 11 is 1.47. The first-order valence-corrected chi connectivity index (χ1v) is 11.9. The highest BCUT2D eigenvalue weighted by Crippen LogP contribution is 2.39. The van der Waals surface area contributed by atoms with Gasteiger partial charge in [-0.05, 0) is 29.7 Å². The van der Waals surface area contributed by atoms with E-state index in [0.717, 1.165) is 17.5 Å². The van der Waals surface area contributed by atoms with Gasteiger partial charge in [-0.3, -0.25) is 9.59 Å². The minimum Gasteiger partial charge on any atom is -0.493 e. The molecule has 1 aromatic heterocycles. The van der Waals surface area contributed by atoms with Crippen LogP contribution >= 0.6 is 11.8 Å². The van der Waals surface area contributed by atoms with Crippen LogP contribution in [0.5, 0.6) is 11.5 Å². The largest absolute Gasteiger partial charge is 0.493 e. The fourth-order valence-electron chi connectivity index (χ4n) is 3.90. The van der Waals surface area contributed by atoms with Crippen molar-refractivity contribution in [3.63, 3.8) is 0 Å². The summed E-state index contributed by atoms with van der Waals surface area (Å²) in [6, 6.07) is 15.5. The molecule has 0 radical (unpaired) electrons. The van der Waals surface area contributed by atoms with Gasteiger partial charge in [0.15, 0.2) is 16.7 Å². The molecule has 1 amide bonds. The maximum absolute atomic E-state index is 13.2. The molecule has 1 atom stereocenters. The molecule has 2 heterocycles. The number of hydrogen-bond acceptors (Lipinski definition) is 6. The number of aromatic nitrogens is 2. The fourth-order valence-corrected chi connectivity index (χ4v) is 4.82. The summed E-state index contributed by atoms with van der Waals surface area (Å²) in [5.74, 6) is 1.83. The molecular formula is C25H27N3O4S. The van der Waals surface area contributed by atoms with E-state index < -0.39 is 5.92 Å². The molecule has 1 aliphatic rings. The van der Waals surface area contributed by atoms with E-state index in [1.54, 1.807) is 11.7 Å². The van der Waals surface area contributed by atoms with Crippen LogP contribution in [0, 0.1) is 0 Å². The number of anilines is 1. The monoisotopic (exact) mass is 465 g/mol. The molecule has 1 aliphatic heterocycles. The van der Waals surface area contributed by atoms with Crippen LogP contribution in [0.4, 0.5) is 5.82 Å². The van der Waals surface area contributed by atoms with Gasteiger partial charge in [-0.1, -0.05) is 55.1 Å². The highest BCUT2D eigenvalue weighted by molar-refractivity contribution is 7.98. The predicted molar refractivity (Wildman–Crippen MR) is 129 cm³/mol. The Hall–Kier alpha value is -3.26. The maximum atomic E-state index is 13.2. The summed E-state index contributed by atoms with van der Waals surface area (Å²) in [4.78, 5) is 30.1. The molecule has 33 heavy (non-hydrogen) atoms. The Kier molecular flexibility index (Phi) is 7.03. The molecule has 0 fully saturated rings. The summed E-state index contributed by atoms with van der Waals surface area (Å²) in [6.45, 7) is 2.62. The Labute approximate surface area is 197 Å². The zero-order valence-electron chi connectivity index (χ0n) is 19.0. The SMILES string of the molecule is CCCOc1ccc(C2CC(=O)Nc3c2c(=O)nc(SCc2ccccc2)n3C)cc1OC. The summed E-state index contributed by atoms with van der Waals surface area (Å²) in [5.41, 5.74) is 2.11. The molecule has 8 heteroatoms. The Bertz CT molecular complexity index is 1210. The number of ether oxygens (including phenoxy) is 2. The molecule has 172 valence electrons. The average molecular weight is 466 g/mol. The number of carbonyl (C=O) groups excluding carboxylic acids is 1. The summed E-state index contributed by atoms with van der Waals surface area (Å²) in [6.07, 6.45) is 1.05. The van der Waals surface area contributed by atoms with E-state index in [0.29, 0.717) is 40.4 Å². The van der Waals surface area contributed by atoms with E-state index in [9.17, 15) is 9.59 Å². The van der Waals surface area contributed by atoms with Crippen molar-refractivity contribution < 1.29 is 14.3 Å². The molecule has 1 N–H and O–H groups in total. The number of carbonyl (C=O) groups is 1. The van der Waals surface area contributed by atoms with E-state index in [4.69, 9.17) is 9.47 Å². The molecule has 2 aromatic carbocycles. The van der Waals surface area contributed by atoms with Gasteiger partial charge in [0.05, 0.1) is 19.3 Å². The molecule has 0 spiro atoms. The first-order chi connectivity index (χ1) is 16.0. The Morgan fingerprint density at radius 2 is 1.94 bits per heavy atom. The van der Waals surface area contributed by atoms with Crippen molar-refractivity contribution in [2.75, 3.05) is 19.0 Å². The standard InChI is InChI=1S/C25H27N3O4S/c1-4-12-32-19-11-10-17(13-20(19)31-3)18-14-21(29)26-23-22(18)24(30)27-25(28(23)2)33-15-16-8-6-5-7-9-16/h5-11,13,18H,4,12,14-15H2,1-3H3,(H,26,29). The normalized spacial score (nSPS) is 15.0. The van der Waals surface area contributed by atoms with Crippen molar-refractivity contribution in [3.8, 4) is 11.5 Å². The summed E-state index contributed by atoms with van der Waals surface area (Å²) < 4.78 is 13.1. The maximum Gasteiger partial charge on any atom is 0.279 e. The van der Waals surface area contributed by atoms with E-state index in [2.05, 4.69) is 10.3 Å². The zero-order chi connectivity index (χ0) is 23.4.